The third-order valence-electron chi connectivity index (χ3n) is 1.91. The quantitative estimate of drug-likeness (QED) is 0.880. The van der Waals surface area contributed by atoms with Gasteiger partial charge in [-0.05, 0) is 31.5 Å². The van der Waals surface area contributed by atoms with Gasteiger partial charge in [0, 0.05) is 12.5 Å². The second-order valence-electron chi connectivity index (χ2n) is 3.71. The summed E-state index contributed by atoms with van der Waals surface area (Å²) in [6.07, 6.45) is 0.296. The second-order valence-corrected chi connectivity index (χ2v) is 4.12. The average molecular weight is 263 g/mol. The minimum Gasteiger partial charge on any atom is -0.327 e. The fourth-order valence-electron chi connectivity index (χ4n) is 1.22. The van der Waals surface area contributed by atoms with Gasteiger partial charge in [-0.3, -0.25) is 4.79 Å². The number of rotatable bonds is 3. The van der Waals surface area contributed by atoms with E-state index in [1.54, 1.807) is 13.0 Å². The van der Waals surface area contributed by atoms with Crippen LogP contribution in [0.2, 0.25) is 5.02 Å². The third kappa shape index (κ3) is 4.84. The standard InChI is InChI=1S/C11H15ClN2O.ClH/c1-7-3-4-10(9(12)5-7)14-11(15)6-8(2)13;/h3-5,8H,6,13H2,1-2H3,(H,14,15);1H. The molecule has 1 rings (SSSR count). The lowest BCUT2D eigenvalue weighted by Crippen LogP contribution is -2.24. The van der Waals surface area contributed by atoms with E-state index in [1.165, 1.54) is 0 Å². The number of carbonyl (C=O) groups is 1. The van der Waals surface area contributed by atoms with E-state index < -0.39 is 0 Å². The minimum absolute atomic E-state index is 0. The van der Waals surface area contributed by atoms with Gasteiger partial charge >= 0.3 is 0 Å². The van der Waals surface area contributed by atoms with E-state index >= 15 is 0 Å². The first-order chi connectivity index (χ1) is 6.99. The molecule has 5 heteroatoms. The van der Waals surface area contributed by atoms with Gasteiger partial charge in [-0.25, -0.2) is 0 Å². The molecule has 90 valence electrons. The summed E-state index contributed by atoms with van der Waals surface area (Å²) in [7, 11) is 0. The maximum absolute atomic E-state index is 11.4. The van der Waals surface area contributed by atoms with Crippen LogP contribution in [0.5, 0.6) is 0 Å². The Hall–Kier alpha value is -0.770. The van der Waals surface area contributed by atoms with Crippen LogP contribution in [-0.4, -0.2) is 11.9 Å². The van der Waals surface area contributed by atoms with Crippen LogP contribution < -0.4 is 11.1 Å². The summed E-state index contributed by atoms with van der Waals surface area (Å²) in [5, 5.41) is 3.27. The predicted octanol–water partition coefficient (Wildman–Crippen LogP) is 2.75. The SMILES string of the molecule is Cc1ccc(NC(=O)CC(C)N)c(Cl)c1.Cl. The van der Waals surface area contributed by atoms with Crippen LogP contribution in [0, 0.1) is 6.92 Å². The fourth-order valence-corrected chi connectivity index (χ4v) is 1.50. The van der Waals surface area contributed by atoms with Gasteiger partial charge in [0.15, 0.2) is 0 Å². The summed E-state index contributed by atoms with van der Waals surface area (Å²) in [5.41, 5.74) is 7.21. The molecule has 1 aromatic rings. The number of anilines is 1. The molecule has 16 heavy (non-hydrogen) atoms. The van der Waals surface area contributed by atoms with E-state index in [4.69, 9.17) is 17.3 Å². The zero-order valence-corrected chi connectivity index (χ0v) is 10.9. The highest BCUT2D eigenvalue weighted by Crippen LogP contribution is 2.22. The molecule has 1 aromatic carbocycles. The van der Waals surface area contributed by atoms with Crippen LogP contribution >= 0.6 is 24.0 Å². The van der Waals surface area contributed by atoms with E-state index in [0.29, 0.717) is 17.1 Å². The number of hydrogen-bond donors (Lipinski definition) is 2. The Labute approximate surface area is 107 Å². The molecule has 0 aliphatic heterocycles. The Morgan fingerprint density at radius 1 is 1.56 bits per heavy atom. The maximum Gasteiger partial charge on any atom is 0.225 e. The maximum atomic E-state index is 11.4. The number of nitrogens with one attached hydrogen (secondary N) is 1. The number of benzene rings is 1. The van der Waals surface area contributed by atoms with E-state index in [2.05, 4.69) is 5.32 Å². The van der Waals surface area contributed by atoms with Crippen molar-refractivity contribution in [3.8, 4) is 0 Å². The Morgan fingerprint density at radius 3 is 2.69 bits per heavy atom. The van der Waals surface area contributed by atoms with Crippen molar-refractivity contribution in [1.29, 1.82) is 0 Å². The van der Waals surface area contributed by atoms with Crippen molar-refractivity contribution in [1.82, 2.24) is 0 Å². The summed E-state index contributed by atoms with van der Waals surface area (Å²) in [6, 6.07) is 5.35. The first kappa shape index (κ1) is 15.2. The number of halogens is 2. The van der Waals surface area contributed by atoms with Crippen LogP contribution in [0.3, 0.4) is 0 Å². The number of nitrogens with two attached hydrogens (primary N) is 1. The van der Waals surface area contributed by atoms with E-state index in [1.807, 2.05) is 19.1 Å². The van der Waals surface area contributed by atoms with Crippen molar-refractivity contribution < 1.29 is 4.79 Å². The zero-order valence-electron chi connectivity index (χ0n) is 9.29. The van der Waals surface area contributed by atoms with E-state index in [0.717, 1.165) is 5.56 Å². The number of hydrogen-bond acceptors (Lipinski definition) is 2. The van der Waals surface area contributed by atoms with Crippen molar-refractivity contribution in [3.63, 3.8) is 0 Å². The van der Waals surface area contributed by atoms with Crippen LogP contribution in [-0.2, 0) is 4.79 Å². The minimum atomic E-state index is -0.144. The average Bonchev–Trinajstić information content (AvgIpc) is 2.08. The Kier molecular flexibility index (Phi) is 6.41. The second kappa shape index (κ2) is 6.74. The van der Waals surface area contributed by atoms with Gasteiger partial charge in [0.25, 0.3) is 0 Å². The molecule has 0 saturated heterocycles. The molecule has 3 N–H and O–H groups in total. The van der Waals surface area contributed by atoms with Crippen molar-refractivity contribution in [2.24, 2.45) is 5.73 Å². The van der Waals surface area contributed by atoms with Crippen LogP contribution in [0.4, 0.5) is 5.69 Å². The highest BCUT2D eigenvalue weighted by Gasteiger charge is 2.07. The normalized spacial score (nSPS) is 11.5. The van der Waals surface area contributed by atoms with Gasteiger partial charge < -0.3 is 11.1 Å². The van der Waals surface area contributed by atoms with E-state index in [-0.39, 0.29) is 24.4 Å². The molecule has 0 aromatic heterocycles. The molecule has 1 amide bonds. The van der Waals surface area contributed by atoms with Crippen LogP contribution in [0.15, 0.2) is 18.2 Å². The number of carbonyl (C=O) groups excluding carboxylic acids is 1. The molecule has 0 fully saturated rings. The van der Waals surface area contributed by atoms with Gasteiger partial charge in [-0.1, -0.05) is 17.7 Å². The van der Waals surface area contributed by atoms with Crippen LogP contribution in [0.25, 0.3) is 0 Å². The van der Waals surface area contributed by atoms with Gasteiger partial charge in [0.1, 0.15) is 0 Å². The molecule has 1 atom stereocenters. The monoisotopic (exact) mass is 262 g/mol. The number of aryl methyl sites for hydroxylation is 1. The smallest absolute Gasteiger partial charge is 0.225 e. The summed E-state index contributed by atoms with van der Waals surface area (Å²) in [5.74, 6) is -0.115. The Bertz CT molecular complexity index is 367. The highest BCUT2D eigenvalue weighted by molar-refractivity contribution is 6.33. The van der Waals surface area contributed by atoms with Crippen molar-refractivity contribution >= 4 is 35.6 Å². The molecule has 0 heterocycles. The van der Waals surface area contributed by atoms with Gasteiger partial charge in [-0.2, -0.15) is 0 Å². The lowest BCUT2D eigenvalue weighted by atomic mass is 10.2. The molecule has 0 saturated carbocycles. The fraction of sp³-hybridized carbons (Fsp3) is 0.364. The topological polar surface area (TPSA) is 55.1 Å². The summed E-state index contributed by atoms with van der Waals surface area (Å²) < 4.78 is 0. The van der Waals surface area contributed by atoms with Gasteiger partial charge in [-0.15, -0.1) is 12.4 Å². The number of amides is 1. The Morgan fingerprint density at radius 2 is 2.19 bits per heavy atom. The predicted molar refractivity (Wildman–Crippen MR) is 70.3 cm³/mol. The first-order valence-corrected chi connectivity index (χ1v) is 5.18. The summed E-state index contributed by atoms with van der Waals surface area (Å²) in [4.78, 5) is 11.4. The molecular formula is C11H16Cl2N2O. The molecule has 0 bridgehead atoms. The Balaban J connectivity index is 0.00000225. The summed E-state index contributed by atoms with van der Waals surface area (Å²) >= 11 is 5.96. The van der Waals surface area contributed by atoms with Crippen LogP contribution in [0.1, 0.15) is 18.9 Å². The highest BCUT2D eigenvalue weighted by atomic mass is 35.5. The molecular weight excluding hydrogens is 247 g/mol. The van der Waals surface area contributed by atoms with E-state index in [9.17, 15) is 4.79 Å². The molecule has 3 nitrogen and oxygen atoms in total. The molecule has 0 aliphatic rings. The zero-order chi connectivity index (χ0) is 11.4. The largest absolute Gasteiger partial charge is 0.327 e. The first-order valence-electron chi connectivity index (χ1n) is 4.80. The molecule has 1 unspecified atom stereocenters. The van der Waals surface area contributed by atoms with Crippen molar-refractivity contribution in [3.05, 3.63) is 28.8 Å². The lowest BCUT2D eigenvalue weighted by Gasteiger charge is -2.09. The molecule has 0 radical (unpaired) electrons. The van der Waals surface area contributed by atoms with Crippen molar-refractivity contribution in [2.45, 2.75) is 26.3 Å². The lowest BCUT2D eigenvalue weighted by molar-refractivity contribution is -0.116. The molecule has 0 spiro atoms. The molecule has 0 aliphatic carbocycles. The van der Waals surface area contributed by atoms with Crippen molar-refractivity contribution in [2.75, 3.05) is 5.32 Å². The van der Waals surface area contributed by atoms with Gasteiger partial charge in [0.05, 0.1) is 10.7 Å². The third-order valence-corrected chi connectivity index (χ3v) is 2.22. The summed E-state index contributed by atoms with van der Waals surface area (Å²) in [6.45, 7) is 3.73. The van der Waals surface area contributed by atoms with Gasteiger partial charge in [0.2, 0.25) is 5.91 Å².